The highest BCUT2D eigenvalue weighted by Gasteiger charge is 2.33. The van der Waals surface area contributed by atoms with Crippen molar-refractivity contribution >= 4 is 33.7 Å². The highest BCUT2D eigenvalue weighted by Crippen LogP contribution is 2.34. The van der Waals surface area contributed by atoms with Gasteiger partial charge in [-0.15, -0.1) is 11.3 Å². The predicted molar refractivity (Wildman–Crippen MR) is 147 cm³/mol. The first-order valence-corrected chi connectivity index (χ1v) is 14.0. The molecule has 10 nitrogen and oxygen atoms in total. The van der Waals surface area contributed by atoms with E-state index in [9.17, 15) is 9.59 Å². The van der Waals surface area contributed by atoms with Crippen molar-refractivity contribution in [1.82, 2.24) is 34.6 Å². The highest BCUT2D eigenvalue weighted by molar-refractivity contribution is 7.21. The second-order valence-electron chi connectivity index (χ2n) is 10.4. The lowest BCUT2D eigenvalue weighted by atomic mass is 9.80. The highest BCUT2D eigenvalue weighted by atomic mass is 32.1. The molecular formula is C27H32N8O2S. The van der Waals surface area contributed by atoms with Crippen molar-refractivity contribution in [2.75, 3.05) is 25.0 Å². The summed E-state index contributed by atoms with van der Waals surface area (Å²) < 4.78 is 3.49. The van der Waals surface area contributed by atoms with Gasteiger partial charge in [0.05, 0.1) is 39.3 Å². The van der Waals surface area contributed by atoms with Crippen LogP contribution >= 0.6 is 11.3 Å². The third kappa shape index (κ3) is 4.71. The number of pyridine rings is 1. The van der Waals surface area contributed by atoms with E-state index in [4.69, 9.17) is 0 Å². The summed E-state index contributed by atoms with van der Waals surface area (Å²) in [4.78, 5) is 34.7. The topological polar surface area (TPSA) is 109 Å². The van der Waals surface area contributed by atoms with Crippen molar-refractivity contribution in [2.24, 2.45) is 13.0 Å². The molecule has 2 aliphatic heterocycles. The summed E-state index contributed by atoms with van der Waals surface area (Å²) in [6.45, 7) is 6.39. The summed E-state index contributed by atoms with van der Waals surface area (Å²) in [5.74, 6) is 0.345. The Morgan fingerprint density at radius 2 is 1.89 bits per heavy atom. The zero-order valence-electron chi connectivity index (χ0n) is 21.9. The maximum atomic E-state index is 13.2. The van der Waals surface area contributed by atoms with E-state index < -0.39 is 0 Å². The number of piperidine rings is 2. The number of nitrogens with one attached hydrogen (secondary N) is 2. The summed E-state index contributed by atoms with van der Waals surface area (Å²) in [7, 11) is 1.89. The molecule has 6 heterocycles. The molecule has 0 unspecified atom stereocenters. The van der Waals surface area contributed by atoms with Crippen LogP contribution in [0.2, 0.25) is 0 Å². The number of rotatable bonds is 7. The maximum absolute atomic E-state index is 13.2. The molecule has 2 bridgehead atoms. The van der Waals surface area contributed by atoms with E-state index in [2.05, 4.69) is 30.7 Å². The summed E-state index contributed by atoms with van der Waals surface area (Å²) in [5, 5.41) is 14.8. The minimum atomic E-state index is -0.293. The van der Waals surface area contributed by atoms with Crippen molar-refractivity contribution in [3.05, 3.63) is 53.4 Å². The molecule has 3 fully saturated rings. The minimum absolute atomic E-state index is 0.183. The van der Waals surface area contributed by atoms with Crippen LogP contribution in [0.15, 0.2) is 30.9 Å². The number of anilines is 1. The van der Waals surface area contributed by atoms with Gasteiger partial charge in [-0.1, -0.05) is 0 Å². The number of carbonyl (C=O) groups excluding carboxylic acids is 2. The SMILES string of the molecule is Cc1ncc(C(=O)NCCN2CC3CCC2CC3)cc1NC(=O)c1cnn2cc(-c3cn(C)nc3C)sc12. The lowest BCUT2D eigenvalue weighted by molar-refractivity contribution is 0.0494. The fourth-order valence-electron chi connectivity index (χ4n) is 5.74. The molecule has 38 heavy (non-hydrogen) atoms. The normalized spacial score (nSPS) is 19.2. The molecule has 2 saturated heterocycles. The molecule has 1 aliphatic carbocycles. The van der Waals surface area contributed by atoms with Crippen molar-refractivity contribution in [1.29, 1.82) is 0 Å². The molecule has 3 aliphatic rings. The van der Waals surface area contributed by atoms with Crippen molar-refractivity contribution < 1.29 is 9.59 Å². The Bertz CT molecular complexity index is 1510. The van der Waals surface area contributed by atoms with E-state index in [0.717, 1.165) is 40.0 Å². The standard InChI is InChI=1S/C27H32N8O2S/c1-16-22(14-33(3)32-16)24-15-35-27(38-24)21(12-30-35)26(37)31-23-10-19(11-29-17(23)2)25(36)28-8-9-34-13-18-4-6-20(34)7-5-18/h10-12,14-15,18,20H,4-9,13H2,1-3H3,(H,28,36)(H,31,37). The van der Waals surface area contributed by atoms with Crippen LogP contribution in [-0.4, -0.2) is 66.8 Å². The summed E-state index contributed by atoms with van der Waals surface area (Å²) in [5.41, 5.74) is 3.98. The number of hydrogen-bond acceptors (Lipinski definition) is 7. The maximum Gasteiger partial charge on any atom is 0.260 e. The molecule has 4 aromatic heterocycles. The molecule has 11 heteroatoms. The van der Waals surface area contributed by atoms with Gasteiger partial charge in [0, 0.05) is 56.9 Å². The first-order chi connectivity index (χ1) is 18.4. The number of amides is 2. The van der Waals surface area contributed by atoms with E-state index in [-0.39, 0.29) is 11.8 Å². The van der Waals surface area contributed by atoms with Crippen LogP contribution in [0.5, 0.6) is 0 Å². The van der Waals surface area contributed by atoms with Gasteiger partial charge in [0.25, 0.3) is 11.8 Å². The van der Waals surface area contributed by atoms with Crippen molar-refractivity contribution in [3.63, 3.8) is 0 Å². The number of carbonyl (C=O) groups is 2. The number of thiazole rings is 1. The summed E-state index contributed by atoms with van der Waals surface area (Å²) in [6, 6.07) is 2.36. The summed E-state index contributed by atoms with van der Waals surface area (Å²) in [6.07, 6.45) is 12.2. The predicted octanol–water partition coefficient (Wildman–Crippen LogP) is 3.66. The molecule has 4 aromatic rings. The van der Waals surface area contributed by atoms with Crippen LogP contribution in [0.4, 0.5) is 5.69 Å². The average Bonchev–Trinajstić information content (AvgIpc) is 3.59. The van der Waals surface area contributed by atoms with Crippen molar-refractivity contribution in [2.45, 2.75) is 45.6 Å². The van der Waals surface area contributed by atoms with Crippen LogP contribution in [0.3, 0.4) is 0 Å². The number of hydrogen-bond donors (Lipinski definition) is 2. The van der Waals surface area contributed by atoms with Crippen LogP contribution in [-0.2, 0) is 7.05 Å². The first kappa shape index (κ1) is 24.7. The molecule has 7 rings (SSSR count). The average molecular weight is 533 g/mol. The molecular weight excluding hydrogens is 500 g/mol. The monoisotopic (exact) mass is 532 g/mol. The second-order valence-corrected chi connectivity index (χ2v) is 11.5. The number of fused-ring (bicyclic) bond motifs is 4. The fraction of sp³-hybridized carbons (Fsp3) is 0.444. The number of aryl methyl sites for hydroxylation is 3. The summed E-state index contributed by atoms with van der Waals surface area (Å²) >= 11 is 1.49. The molecule has 198 valence electrons. The first-order valence-electron chi connectivity index (χ1n) is 13.1. The fourth-order valence-corrected chi connectivity index (χ4v) is 6.86. The van der Waals surface area contributed by atoms with Gasteiger partial charge in [0.1, 0.15) is 4.83 Å². The van der Waals surface area contributed by atoms with Gasteiger partial charge in [-0.05, 0) is 51.5 Å². The van der Waals surface area contributed by atoms with Crippen LogP contribution < -0.4 is 10.6 Å². The van der Waals surface area contributed by atoms with Crippen LogP contribution in [0.25, 0.3) is 15.3 Å². The smallest absolute Gasteiger partial charge is 0.260 e. The minimum Gasteiger partial charge on any atom is -0.351 e. The van der Waals surface area contributed by atoms with Gasteiger partial charge in [0.15, 0.2) is 0 Å². The van der Waals surface area contributed by atoms with E-state index in [0.29, 0.717) is 35.1 Å². The van der Waals surface area contributed by atoms with Gasteiger partial charge < -0.3 is 10.6 Å². The van der Waals surface area contributed by atoms with Gasteiger partial charge >= 0.3 is 0 Å². The van der Waals surface area contributed by atoms with Gasteiger partial charge in [-0.3, -0.25) is 24.2 Å². The third-order valence-corrected chi connectivity index (χ3v) is 8.97. The van der Waals surface area contributed by atoms with Gasteiger partial charge in [0.2, 0.25) is 0 Å². The van der Waals surface area contributed by atoms with E-state index >= 15 is 0 Å². The van der Waals surface area contributed by atoms with Crippen LogP contribution in [0.1, 0.15) is 57.8 Å². The Labute approximate surface area is 225 Å². The van der Waals surface area contributed by atoms with E-state index in [1.165, 1.54) is 37.0 Å². The van der Waals surface area contributed by atoms with E-state index in [1.54, 1.807) is 27.7 Å². The molecule has 0 spiro atoms. The van der Waals surface area contributed by atoms with Gasteiger partial charge in [-0.25, -0.2) is 4.52 Å². The van der Waals surface area contributed by atoms with Crippen molar-refractivity contribution in [3.8, 4) is 10.4 Å². The molecule has 0 radical (unpaired) electrons. The Kier molecular flexibility index (Phi) is 6.48. The molecule has 2 N–H and O–H groups in total. The lowest BCUT2D eigenvalue weighted by Gasteiger charge is -2.45. The molecule has 1 saturated carbocycles. The Balaban J connectivity index is 1.13. The van der Waals surface area contributed by atoms with E-state index in [1.807, 2.05) is 33.3 Å². The Hall–Kier alpha value is -3.57. The Morgan fingerprint density at radius 3 is 2.61 bits per heavy atom. The van der Waals surface area contributed by atoms with Gasteiger partial charge in [-0.2, -0.15) is 10.2 Å². The Morgan fingerprint density at radius 1 is 1.08 bits per heavy atom. The zero-order chi connectivity index (χ0) is 26.4. The quantitative estimate of drug-likeness (QED) is 0.376. The number of aromatic nitrogens is 5. The molecule has 2 amide bonds. The lowest BCUT2D eigenvalue weighted by Crippen LogP contribution is -2.50. The largest absolute Gasteiger partial charge is 0.351 e. The van der Waals surface area contributed by atoms with Crippen LogP contribution in [0, 0.1) is 19.8 Å². The third-order valence-electron chi connectivity index (χ3n) is 7.83. The molecule has 0 atom stereocenters. The zero-order valence-corrected chi connectivity index (χ0v) is 22.7. The molecule has 0 aromatic carbocycles. The number of nitrogens with zero attached hydrogens (tertiary/aromatic N) is 6. The second kappa shape index (κ2) is 9.95.